The van der Waals surface area contributed by atoms with Crippen molar-refractivity contribution in [2.75, 3.05) is 0 Å². The highest BCUT2D eigenvalue weighted by molar-refractivity contribution is 5.97. The quantitative estimate of drug-likeness (QED) is 0.649. The van der Waals surface area contributed by atoms with E-state index >= 15 is 0 Å². The van der Waals surface area contributed by atoms with Gasteiger partial charge in [0.05, 0.1) is 5.92 Å². The van der Waals surface area contributed by atoms with Gasteiger partial charge in [-0.05, 0) is 37.5 Å². The lowest BCUT2D eigenvalue weighted by Gasteiger charge is -2.27. The lowest BCUT2D eigenvalue weighted by Crippen LogP contribution is -2.23. The zero-order chi connectivity index (χ0) is 10.1. The minimum Gasteiger partial charge on any atom is -0.294 e. The van der Waals surface area contributed by atoms with E-state index in [0.717, 1.165) is 12.0 Å². The van der Waals surface area contributed by atoms with Gasteiger partial charge in [-0.3, -0.25) is 4.79 Å². The molecular weight excluding hydrogens is 172 g/mol. The molecule has 0 heterocycles. The molecule has 0 aliphatic heterocycles. The summed E-state index contributed by atoms with van der Waals surface area (Å²) in [6.07, 6.45) is 2.67. The van der Waals surface area contributed by atoms with Crippen LogP contribution in [0.4, 0.5) is 0 Å². The molecule has 1 aromatic rings. The smallest absolute Gasteiger partial charge is 0.163 e. The predicted octanol–water partition coefficient (Wildman–Crippen LogP) is 2.86. The van der Waals surface area contributed by atoms with E-state index in [0.29, 0.717) is 0 Å². The molecule has 1 nitrogen and oxygen atoms in total. The second-order valence-electron chi connectivity index (χ2n) is 4.08. The summed E-state index contributed by atoms with van der Waals surface area (Å²) >= 11 is 0. The molecule has 0 saturated carbocycles. The average Bonchev–Trinajstić information content (AvgIpc) is 2.05. The topological polar surface area (TPSA) is 17.1 Å². The van der Waals surface area contributed by atoms with Crippen molar-refractivity contribution < 1.29 is 4.79 Å². The Labute approximate surface area is 84.5 Å². The molecule has 1 aliphatic rings. The van der Waals surface area contributed by atoms with Gasteiger partial charge in [-0.2, -0.15) is 0 Å². The summed E-state index contributed by atoms with van der Waals surface area (Å²) in [7, 11) is 0. The fourth-order valence-electron chi connectivity index (χ4n) is 1.90. The van der Waals surface area contributed by atoms with E-state index < -0.39 is 0 Å². The van der Waals surface area contributed by atoms with Gasteiger partial charge in [0.2, 0.25) is 0 Å². The molecule has 0 spiro atoms. The standard InChI is InChI=1S/C13H14O/c1-9(2)7-13(14)12-8-10-5-3-4-6-11(10)12/h3-7,12H,8H2,1-2H3. The van der Waals surface area contributed by atoms with Gasteiger partial charge in [0.25, 0.3) is 0 Å². The lowest BCUT2D eigenvalue weighted by atomic mass is 9.75. The van der Waals surface area contributed by atoms with Gasteiger partial charge in [0, 0.05) is 0 Å². The van der Waals surface area contributed by atoms with Crippen LogP contribution in [0.2, 0.25) is 0 Å². The van der Waals surface area contributed by atoms with Crippen LogP contribution < -0.4 is 0 Å². The van der Waals surface area contributed by atoms with E-state index in [-0.39, 0.29) is 11.7 Å². The molecule has 1 heteroatoms. The number of ketones is 1. The van der Waals surface area contributed by atoms with E-state index in [1.165, 1.54) is 11.1 Å². The molecule has 14 heavy (non-hydrogen) atoms. The van der Waals surface area contributed by atoms with Gasteiger partial charge in [-0.1, -0.05) is 29.8 Å². The van der Waals surface area contributed by atoms with Crippen LogP contribution in [0, 0.1) is 0 Å². The molecule has 1 atom stereocenters. The van der Waals surface area contributed by atoms with E-state index in [9.17, 15) is 4.79 Å². The van der Waals surface area contributed by atoms with Crippen LogP contribution in [0.15, 0.2) is 35.9 Å². The largest absolute Gasteiger partial charge is 0.294 e. The van der Waals surface area contributed by atoms with Crippen LogP contribution in [-0.2, 0) is 11.2 Å². The van der Waals surface area contributed by atoms with Crippen molar-refractivity contribution in [1.29, 1.82) is 0 Å². The fraction of sp³-hybridized carbons (Fsp3) is 0.308. The van der Waals surface area contributed by atoms with Crippen molar-refractivity contribution in [1.82, 2.24) is 0 Å². The first-order chi connectivity index (χ1) is 6.68. The molecule has 1 aliphatic carbocycles. The number of benzene rings is 1. The van der Waals surface area contributed by atoms with Gasteiger partial charge in [0.15, 0.2) is 5.78 Å². The zero-order valence-electron chi connectivity index (χ0n) is 8.58. The van der Waals surface area contributed by atoms with Crippen LogP contribution in [0.3, 0.4) is 0 Å². The lowest BCUT2D eigenvalue weighted by molar-refractivity contribution is -0.116. The van der Waals surface area contributed by atoms with Crippen LogP contribution in [-0.4, -0.2) is 5.78 Å². The molecule has 1 aromatic carbocycles. The number of carbonyl (C=O) groups excluding carboxylic acids is 1. The third-order valence-electron chi connectivity index (χ3n) is 2.63. The third kappa shape index (κ3) is 1.50. The number of fused-ring (bicyclic) bond motifs is 1. The average molecular weight is 186 g/mol. The summed E-state index contributed by atoms with van der Waals surface area (Å²) in [4.78, 5) is 11.7. The monoisotopic (exact) mass is 186 g/mol. The maximum Gasteiger partial charge on any atom is 0.163 e. The normalized spacial score (nSPS) is 18.0. The minimum absolute atomic E-state index is 0.126. The number of allylic oxidation sites excluding steroid dienone is 2. The summed E-state index contributed by atoms with van der Waals surface area (Å²) in [6, 6.07) is 8.18. The maximum absolute atomic E-state index is 11.7. The molecule has 0 N–H and O–H groups in total. The highest BCUT2D eigenvalue weighted by Crippen LogP contribution is 2.35. The number of hydrogen-bond donors (Lipinski definition) is 0. The van der Waals surface area contributed by atoms with Crippen LogP contribution in [0.5, 0.6) is 0 Å². The zero-order valence-corrected chi connectivity index (χ0v) is 8.58. The summed E-state index contributed by atoms with van der Waals surface area (Å²) in [6.45, 7) is 3.92. The third-order valence-corrected chi connectivity index (χ3v) is 2.63. The Bertz CT molecular complexity index is 397. The van der Waals surface area contributed by atoms with E-state index in [1.54, 1.807) is 6.08 Å². The SMILES string of the molecule is CC(C)=CC(=O)C1Cc2ccccc21. The molecule has 0 bridgehead atoms. The molecule has 0 fully saturated rings. The van der Waals surface area contributed by atoms with Crippen LogP contribution in [0.25, 0.3) is 0 Å². The first-order valence-corrected chi connectivity index (χ1v) is 4.95. The summed E-state index contributed by atoms with van der Waals surface area (Å²) in [5, 5.41) is 0. The number of rotatable bonds is 2. The molecule has 72 valence electrons. The summed E-state index contributed by atoms with van der Waals surface area (Å²) in [5.74, 6) is 0.379. The molecule has 0 radical (unpaired) electrons. The second kappa shape index (κ2) is 3.41. The van der Waals surface area contributed by atoms with Gasteiger partial charge in [-0.25, -0.2) is 0 Å². The summed E-state index contributed by atoms with van der Waals surface area (Å²) < 4.78 is 0. The first-order valence-electron chi connectivity index (χ1n) is 4.95. The molecule has 2 rings (SSSR count). The van der Waals surface area contributed by atoms with Gasteiger partial charge in [-0.15, -0.1) is 0 Å². The Morgan fingerprint density at radius 2 is 2.07 bits per heavy atom. The van der Waals surface area contributed by atoms with Crippen molar-refractivity contribution in [2.45, 2.75) is 26.2 Å². The van der Waals surface area contributed by atoms with Crippen molar-refractivity contribution in [2.24, 2.45) is 0 Å². The predicted molar refractivity (Wildman–Crippen MR) is 57.3 cm³/mol. The Balaban J connectivity index is 2.20. The molecule has 0 saturated heterocycles. The Hall–Kier alpha value is -1.37. The van der Waals surface area contributed by atoms with Crippen LogP contribution in [0.1, 0.15) is 30.9 Å². The molecule has 0 amide bonds. The van der Waals surface area contributed by atoms with Crippen LogP contribution >= 0.6 is 0 Å². The molecular formula is C13H14O. The van der Waals surface area contributed by atoms with Crippen molar-refractivity contribution in [3.8, 4) is 0 Å². The van der Waals surface area contributed by atoms with E-state index in [2.05, 4.69) is 12.1 Å². The number of carbonyl (C=O) groups is 1. The van der Waals surface area contributed by atoms with Gasteiger partial charge < -0.3 is 0 Å². The molecule has 0 aromatic heterocycles. The highest BCUT2D eigenvalue weighted by Gasteiger charge is 2.29. The summed E-state index contributed by atoms with van der Waals surface area (Å²) in [5.41, 5.74) is 3.63. The number of hydrogen-bond acceptors (Lipinski definition) is 1. The van der Waals surface area contributed by atoms with E-state index in [1.807, 2.05) is 26.0 Å². The van der Waals surface area contributed by atoms with Crippen molar-refractivity contribution in [3.63, 3.8) is 0 Å². The van der Waals surface area contributed by atoms with Gasteiger partial charge in [0.1, 0.15) is 0 Å². The van der Waals surface area contributed by atoms with Gasteiger partial charge >= 0.3 is 0 Å². The Kier molecular flexibility index (Phi) is 2.24. The highest BCUT2D eigenvalue weighted by atomic mass is 16.1. The fourth-order valence-corrected chi connectivity index (χ4v) is 1.90. The maximum atomic E-state index is 11.7. The second-order valence-corrected chi connectivity index (χ2v) is 4.08. The van der Waals surface area contributed by atoms with E-state index in [4.69, 9.17) is 0 Å². The minimum atomic E-state index is 0.126. The van der Waals surface area contributed by atoms with Crippen molar-refractivity contribution >= 4 is 5.78 Å². The Morgan fingerprint density at radius 1 is 1.36 bits per heavy atom. The van der Waals surface area contributed by atoms with Crippen molar-refractivity contribution in [3.05, 3.63) is 47.0 Å². The Morgan fingerprint density at radius 3 is 2.71 bits per heavy atom. The molecule has 1 unspecified atom stereocenters. The first kappa shape index (κ1) is 9.20.